The van der Waals surface area contributed by atoms with Gasteiger partial charge in [0.05, 0.1) is 15.9 Å². The molecule has 190 valence electrons. The maximum absolute atomic E-state index is 12.3. The predicted octanol–water partition coefficient (Wildman–Crippen LogP) is 4.67. The number of hydrogen-bond donors (Lipinski definition) is 2. The molecule has 0 atom stereocenters. The highest BCUT2D eigenvalue weighted by Gasteiger charge is 2.19. The van der Waals surface area contributed by atoms with Gasteiger partial charge in [-0.05, 0) is 24.6 Å². The summed E-state index contributed by atoms with van der Waals surface area (Å²) in [6, 6.07) is 20.8. The summed E-state index contributed by atoms with van der Waals surface area (Å²) in [5.41, 5.74) is 3.03. The van der Waals surface area contributed by atoms with Crippen LogP contribution >= 0.6 is 0 Å². The standard InChI is InChI=1S/C25H23N5O7/c31-24(26-19-10-5-2-6-11-19)12-7-13-25(32)37-17-22(18-8-3-1-4-9-18)28-27-21-15-14-20(29(33)34)16-23(21)30(35)36/h1-6,8-11,14-16,27H,7,12-13,17H2,(H,26,31)/b28-22+. The highest BCUT2D eigenvalue weighted by Crippen LogP contribution is 2.29. The van der Waals surface area contributed by atoms with Crippen molar-refractivity contribution >= 4 is 40.3 Å². The highest BCUT2D eigenvalue weighted by atomic mass is 16.6. The molecule has 37 heavy (non-hydrogen) atoms. The Morgan fingerprint density at radius 1 is 0.865 bits per heavy atom. The van der Waals surface area contributed by atoms with Crippen LogP contribution in [0.15, 0.2) is 84.0 Å². The molecule has 1 amide bonds. The van der Waals surface area contributed by atoms with Crippen LogP contribution in [0, 0.1) is 20.2 Å². The largest absolute Gasteiger partial charge is 0.459 e. The van der Waals surface area contributed by atoms with Crippen molar-refractivity contribution in [1.29, 1.82) is 0 Å². The second-order valence-electron chi connectivity index (χ2n) is 7.68. The number of amides is 1. The van der Waals surface area contributed by atoms with E-state index in [1.165, 1.54) is 6.07 Å². The Morgan fingerprint density at radius 2 is 1.54 bits per heavy atom. The number of ether oxygens (including phenoxy) is 1. The van der Waals surface area contributed by atoms with Crippen LogP contribution in [0.25, 0.3) is 0 Å². The number of esters is 1. The maximum atomic E-state index is 12.3. The van der Waals surface area contributed by atoms with Gasteiger partial charge in [0, 0.05) is 30.2 Å². The topological polar surface area (TPSA) is 166 Å². The van der Waals surface area contributed by atoms with Gasteiger partial charge in [-0.1, -0.05) is 48.5 Å². The van der Waals surface area contributed by atoms with Crippen LogP contribution in [0.1, 0.15) is 24.8 Å². The van der Waals surface area contributed by atoms with Crippen molar-refractivity contribution in [2.75, 3.05) is 17.3 Å². The summed E-state index contributed by atoms with van der Waals surface area (Å²) in [6.45, 7) is -0.243. The maximum Gasteiger partial charge on any atom is 0.306 e. The lowest BCUT2D eigenvalue weighted by Crippen LogP contribution is -2.17. The normalized spacial score (nSPS) is 10.9. The quantitative estimate of drug-likeness (QED) is 0.155. The van der Waals surface area contributed by atoms with Gasteiger partial charge in [0.1, 0.15) is 18.0 Å². The molecular weight excluding hydrogens is 482 g/mol. The number of carbonyl (C=O) groups excluding carboxylic acids is 2. The van der Waals surface area contributed by atoms with Gasteiger partial charge in [-0.25, -0.2) is 0 Å². The zero-order valence-corrected chi connectivity index (χ0v) is 19.5. The number of para-hydroxylation sites is 1. The summed E-state index contributed by atoms with van der Waals surface area (Å²) >= 11 is 0. The van der Waals surface area contributed by atoms with Crippen LogP contribution < -0.4 is 10.7 Å². The van der Waals surface area contributed by atoms with Crippen LogP contribution in [-0.4, -0.2) is 34.0 Å². The van der Waals surface area contributed by atoms with Crippen molar-refractivity contribution in [3.63, 3.8) is 0 Å². The number of hydrazone groups is 1. The minimum atomic E-state index is -0.763. The second-order valence-corrected chi connectivity index (χ2v) is 7.68. The summed E-state index contributed by atoms with van der Waals surface area (Å²) in [5.74, 6) is -0.767. The Kier molecular flexibility index (Phi) is 9.37. The molecular formula is C25H23N5O7. The molecule has 12 heteroatoms. The van der Waals surface area contributed by atoms with Crippen molar-refractivity contribution in [1.82, 2.24) is 0 Å². The zero-order chi connectivity index (χ0) is 26.6. The van der Waals surface area contributed by atoms with Crippen LogP contribution in [0.3, 0.4) is 0 Å². The van der Waals surface area contributed by atoms with Gasteiger partial charge < -0.3 is 10.1 Å². The van der Waals surface area contributed by atoms with E-state index in [0.29, 0.717) is 11.3 Å². The average Bonchev–Trinajstić information content (AvgIpc) is 2.89. The molecule has 0 heterocycles. The molecule has 12 nitrogen and oxygen atoms in total. The van der Waals surface area contributed by atoms with Crippen molar-refractivity contribution in [2.24, 2.45) is 5.10 Å². The number of benzene rings is 3. The third kappa shape index (κ3) is 8.24. The van der Waals surface area contributed by atoms with Gasteiger partial charge in [0.25, 0.3) is 5.69 Å². The number of hydrogen-bond acceptors (Lipinski definition) is 9. The molecule has 0 aliphatic rings. The van der Waals surface area contributed by atoms with Gasteiger partial charge in [0.15, 0.2) is 0 Å². The lowest BCUT2D eigenvalue weighted by Gasteiger charge is -2.10. The minimum absolute atomic E-state index is 0.00549. The third-order valence-corrected chi connectivity index (χ3v) is 5.02. The molecule has 0 fully saturated rings. The number of anilines is 2. The first-order valence-corrected chi connectivity index (χ1v) is 11.1. The molecule has 0 saturated heterocycles. The van der Waals surface area contributed by atoms with Gasteiger partial charge in [0.2, 0.25) is 5.91 Å². The summed E-state index contributed by atoms with van der Waals surface area (Å²) in [7, 11) is 0. The van der Waals surface area contributed by atoms with E-state index in [1.54, 1.807) is 54.6 Å². The first-order valence-electron chi connectivity index (χ1n) is 11.1. The SMILES string of the molecule is O=C(CCCC(=O)OC/C(=N\Nc1ccc([N+](=O)[O-])cc1[N+](=O)[O-])c1ccccc1)Nc1ccccc1. The number of non-ortho nitro benzene ring substituents is 1. The first kappa shape index (κ1) is 26.5. The van der Waals surface area contributed by atoms with E-state index in [-0.39, 0.29) is 43.2 Å². The molecule has 3 rings (SSSR count). The Bertz CT molecular complexity index is 1300. The first-order chi connectivity index (χ1) is 17.8. The van der Waals surface area contributed by atoms with E-state index in [1.807, 2.05) is 6.07 Å². The van der Waals surface area contributed by atoms with Crippen LogP contribution in [0.2, 0.25) is 0 Å². The lowest BCUT2D eigenvalue weighted by atomic mass is 10.1. The fourth-order valence-corrected chi connectivity index (χ4v) is 3.18. The van der Waals surface area contributed by atoms with E-state index >= 15 is 0 Å². The summed E-state index contributed by atoms with van der Waals surface area (Å²) < 4.78 is 5.31. The third-order valence-electron chi connectivity index (χ3n) is 5.02. The summed E-state index contributed by atoms with van der Waals surface area (Å²) in [4.78, 5) is 45.1. The fourth-order valence-electron chi connectivity index (χ4n) is 3.18. The van der Waals surface area contributed by atoms with Crippen LogP contribution in [0.5, 0.6) is 0 Å². The van der Waals surface area contributed by atoms with Gasteiger partial charge >= 0.3 is 11.7 Å². The van der Waals surface area contributed by atoms with E-state index in [4.69, 9.17) is 4.74 Å². The zero-order valence-electron chi connectivity index (χ0n) is 19.5. The Balaban J connectivity index is 1.61. The summed E-state index contributed by atoms with van der Waals surface area (Å²) in [5, 5.41) is 29.2. The molecule has 0 spiro atoms. The number of rotatable bonds is 12. The number of carbonyl (C=O) groups is 2. The molecule has 0 aromatic heterocycles. The minimum Gasteiger partial charge on any atom is -0.459 e. The van der Waals surface area contributed by atoms with E-state index < -0.39 is 27.2 Å². The highest BCUT2D eigenvalue weighted by molar-refractivity contribution is 6.02. The second kappa shape index (κ2) is 13.1. The fraction of sp³-hybridized carbons (Fsp3) is 0.160. The smallest absolute Gasteiger partial charge is 0.306 e. The van der Waals surface area contributed by atoms with Crippen LogP contribution in [-0.2, 0) is 14.3 Å². The molecule has 0 radical (unpaired) electrons. The van der Waals surface area contributed by atoms with E-state index in [9.17, 15) is 29.8 Å². The van der Waals surface area contributed by atoms with Gasteiger partial charge in [-0.3, -0.25) is 35.2 Å². The summed E-state index contributed by atoms with van der Waals surface area (Å²) in [6.07, 6.45) is 0.420. The van der Waals surface area contributed by atoms with E-state index in [0.717, 1.165) is 12.1 Å². The molecule has 0 aliphatic carbocycles. The van der Waals surface area contributed by atoms with Gasteiger partial charge in [-0.15, -0.1) is 0 Å². The van der Waals surface area contributed by atoms with Gasteiger partial charge in [-0.2, -0.15) is 5.10 Å². The number of nitrogens with one attached hydrogen (secondary N) is 2. The Morgan fingerprint density at radius 3 is 2.19 bits per heavy atom. The van der Waals surface area contributed by atoms with Crippen molar-refractivity contribution < 1.29 is 24.2 Å². The molecule has 0 unspecified atom stereocenters. The molecule has 2 N–H and O–H groups in total. The van der Waals surface area contributed by atoms with Crippen molar-refractivity contribution in [3.8, 4) is 0 Å². The average molecular weight is 505 g/mol. The van der Waals surface area contributed by atoms with E-state index in [2.05, 4.69) is 15.8 Å². The van der Waals surface area contributed by atoms with Crippen molar-refractivity contribution in [3.05, 3.63) is 105 Å². The molecule has 0 aliphatic heterocycles. The Hall–Kier alpha value is -5.13. The predicted molar refractivity (Wildman–Crippen MR) is 136 cm³/mol. The van der Waals surface area contributed by atoms with Crippen molar-refractivity contribution in [2.45, 2.75) is 19.3 Å². The lowest BCUT2D eigenvalue weighted by molar-refractivity contribution is -0.393. The molecule has 0 saturated carbocycles. The number of nitrogens with zero attached hydrogens (tertiary/aromatic N) is 3. The molecule has 0 bridgehead atoms. The monoisotopic (exact) mass is 505 g/mol. The molecule has 3 aromatic rings. The van der Waals surface area contributed by atoms with Crippen LogP contribution in [0.4, 0.5) is 22.7 Å². The number of nitro benzene ring substituents is 2. The molecule has 3 aromatic carbocycles. The number of nitro groups is 2. The Labute approximate surface area is 211 Å².